The van der Waals surface area contributed by atoms with Crippen LogP contribution in [-0.2, 0) is 14.3 Å². The number of hydrogen-bond donors (Lipinski definition) is 2. The number of aryl methyl sites for hydroxylation is 1. The van der Waals surface area contributed by atoms with Crippen molar-refractivity contribution in [3.8, 4) is 0 Å². The van der Waals surface area contributed by atoms with E-state index in [0.29, 0.717) is 31.1 Å². The van der Waals surface area contributed by atoms with Gasteiger partial charge in [-0.25, -0.2) is 4.79 Å². The number of carbonyl (C=O) groups excluding carboxylic acids is 1. The van der Waals surface area contributed by atoms with Gasteiger partial charge in [-0.2, -0.15) is 0 Å². The van der Waals surface area contributed by atoms with Crippen LogP contribution in [0, 0.1) is 12.8 Å². The molecule has 120 valence electrons. The van der Waals surface area contributed by atoms with Crippen molar-refractivity contribution in [3.05, 3.63) is 29.3 Å². The summed E-state index contributed by atoms with van der Waals surface area (Å²) in [6.45, 7) is 5.10. The fourth-order valence-corrected chi connectivity index (χ4v) is 2.60. The second-order valence-corrected chi connectivity index (χ2v) is 5.29. The highest BCUT2D eigenvalue weighted by Gasteiger charge is 2.32. The van der Waals surface area contributed by atoms with Gasteiger partial charge in [0.15, 0.2) is 0 Å². The van der Waals surface area contributed by atoms with Gasteiger partial charge < -0.3 is 19.9 Å². The van der Waals surface area contributed by atoms with Crippen molar-refractivity contribution in [2.45, 2.75) is 26.4 Å². The van der Waals surface area contributed by atoms with E-state index in [1.807, 2.05) is 6.92 Å². The number of anilines is 1. The molecule has 2 unspecified atom stereocenters. The molecular formula is C16H21NO5. The highest BCUT2D eigenvalue weighted by atomic mass is 16.5. The van der Waals surface area contributed by atoms with Crippen LogP contribution >= 0.6 is 0 Å². The van der Waals surface area contributed by atoms with Crippen LogP contribution in [0.1, 0.15) is 29.3 Å². The lowest BCUT2D eigenvalue weighted by atomic mass is 10.00. The number of nitrogens with one attached hydrogen (secondary N) is 1. The standard InChI is InChI=1S/C16H21NO5/c1-3-22-14(11-7-8-21-9-11)15(18)17-13-10(2)5-4-6-12(13)16(19)20/h4-6,11,14H,3,7-9H2,1-2H3,(H,17,18)(H,19,20). The number of carboxylic acids is 1. The molecule has 2 atom stereocenters. The lowest BCUT2D eigenvalue weighted by Crippen LogP contribution is -2.38. The molecular weight excluding hydrogens is 286 g/mol. The summed E-state index contributed by atoms with van der Waals surface area (Å²) < 4.78 is 10.9. The van der Waals surface area contributed by atoms with E-state index in [1.54, 1.807) is 19.1 Å². The zero-order valence-electron chi connectivity index (χ0n) is 12.8. The Morgan fingerprint density at radius 2 is 2.27 bits per heavy atom. The molecule has 22 heavy (non-hydrogen) atoms. The summed E-state index contributed by atoms with van der Waals surface area (Å²) in [4.78, 5) is 23.8. The first kappa shape index (κ1) is 16.5. The van der Waals surface area contributed by atoms with Gasteiger partial charge in [-0.1, -0.05) is 12.1 Å². The smallest absolute Gasteiger partial charge is 0.337 e. The molecule has 0 aliphatic carbocycles. The molecule has 0 aromatic heterocycles. The summed E-state index contributed by atoms with van der Waals surface area (Å²) in [6.07, 6.45) is 0.131. The van der Waals surface area contributed by atoms with E-state index < -0.39 is 12.1 Å². The number of hydrogen-bond acceptors (Lipinski definition) is 4. The number of benzene rings is 1. The van der Waals surface area contributed by atoms with Crippen LogP contribution in [-0.4, -0.2) is 42.9 Å². The van der Waals surface area contributed by atoms with E-state index in [-0.39, 0.29) is 17.4 Å². The third kappa shape index (κ3) is 3.64. The quantitative estimate of drug-likeness (QED) is 0.840. The van der Waals surface area contributed by atoms with Gasteiger partial charge in [-0.15, -0.1) is 0 Å². The molecule has 1 amide bonds. The summed E-state index contributed by atoms with van der Waals surface area (Å²) >= 11 is 0. The van der Waals surface area contributed by atoms with Gasteiger partial charge in [0.25, 0.3) is 5.91 Å². The molecule has 6 nitrogen and oxygen atoms in total. The number of carbonyl (C=O) groups is 2. The second-order valence-electron chi connectivity index (χ2n) is 5.29. The Kier molecular flexibility index (Phi) is 5.51. The van der Waals surface area contributed by atoms with E-state index >= 15 is 0 Å². The monoisotopic (exact) mass is 307 g/mol. The Hall–Kier alpha value is -1.92. The van der Waals surface area contributed by atoms with Crippen LogP contribution in [0.2, 0.25) is 0 Å². The number of rotatable bonds is 6. The summed E-state index contributed by atoms with van der Waals surface area (Å²) in [5.41, 5.74) is 1.10. The van der Waals surface area contributed by atoms with Crippen LogP contribution in [0.15, 0.2) is 18.2 Å². The minimum Gasteiger partial charge on any atom is -0.478 e. The Labute approximate surface area is 129 Å². The van der Waals surface area contributed by atoms with Gasteiger partial charge in [0.1, 0.15) is 6.10 Å². The highest BCUT2D eigenvalue weighted by Crippen LogP contribution is 2.24. The highest BCUT2D eigenvalue weighted by molar-refractivity contribution is 6.02. The van der Waals surface area contributed by atoms with Gasteiger partial charge in [0, 0.05) is 19.1 Å². The molecule has 0 spiro atoms. The number of amides is 1. The van der Waals surface area contributed by atoms with Crippen LogP contribution in [0.25, 0.3) is 0 Å². The number of para-hydroxylation sites is 1. The molecule has 1 fully saturated rings. The summed E-state index contributed by atoms with van der Waals surface area (Å²) in [7, 11) is 0. The molecule has 2 N–H and O–H groups in total. The van der Waals surface area contributed by atoms with Crippen molar-refractivity contribution in [3.63, 3.8) is 0 Å². The predicted octanol–water partition coefficient (Wildman–Crippen LogP) is 2.07. The normalized spacial score (nSPS) is 18.9. The number of aromatic carboxylic acids is 1. The average molecular weight is 307 g/mol. The van der Waals surface area contributed by atoms with Gasteiger partial charge >= 0.3 is 5.97 Å². The maximum absolute atomic E-state index is 12.5. The molecule has 0 radical (unpaired) electrons. The molecule has 1 aromatic rings. The lowest BCUT2D eigenvalue weighted by molar-refractivity contribution is -0.130. The van der Waals surface area contributed by atoms with Gasteiger partial charge in [0.05, 0.1) is 17.9 Å². The zero-order chi connectivity index (χ0) is 16.1. The Balaban J connectivity index is 2.21. The van der Waals surface area contributed by atoms with Crippen molar-refractivity contribution in [1.82, 2.24) is 0 Å². The third-order valence-corrected chi connectivity index (χ3v) is 3.75. The van der Waals surface area contributed by atoms with Crippen molar-refractivity contribution in [1.29, 1.82) is 0 Å². The molecule has 1 heterocycles. The van der Waals surface area contributed by atoms with Crippen LogP contribution in [0.3, 0.4) is 0 Å². The molecule has 0 saturated carbocycles. The first-order valence-electron chi connectivity index (χ1n) is 7.37. The fourth-order valence-electron chi connectivity index (χ4n) is 2.60. The molecule has 6 heteroatoms. The Morgan fingerprint density at radius 3 is 2.86 bits per heavy atom. The molecule has 1 saturated heterocycles. The minimum absolute atomic E-state index is 0.00255. The maximum Gasteiger partial charge on any atom is 0.337 e. The van der Waals surface area contributed by atoms with Gasteiger partial charge in [-0.05, 0) is 31.9 Å². The third-order valence-electron chi connectivity index (χ3n) is 3.75. The summed E-state index contributed by atoms with van der Waals surface area (Å²) in [5.74, 6) is -1.40. The van der Waals surface area contributed by atoms with Crippen LogP contribution < -0.4 is 5.32 Å². The summed E-state index contributed by atoms with van der Waals surface area (Å²) in [6, 6.07) is 4.88. The van der Waals surface area contributed by atoms with Gasteiger partial charge in [-0.3, -0.25) is 4.79 Å². The second kappa shape index (κ2) is 7.38. The lowest BCUT2D eigenvalue weighted by Gasteiger charge is -2.22. The topological polar surface area (TPSA) is 84.9 Å². The van der Waals surface area contributed by atoms with E-state index in [1.165, 1.54) is 6.07 Å². The molecule has 2 rings (SSSR count). The zero-order valence-corrected chi connectivity index (χ0v) is 12.8. The average Bonchev–Trinajstić information content (AvgIpc) is 3.00. The fraction of sp³-hybridized carbons (Fsp3) is 0.500. The number of ether oxygens (including phenoxy) is 2. The first-order chi connectivity index (χ1) is 10.5. The molecule has 1 aliphatic heterocycles. The van der Waals surface area contributed by atoms with E-state index in [4.69, 9.17) is 9.47 Å². The summed E-state index contributed by atoms with van der Waals surface area (Å²) in [5, 5.41) is 12.0. The minimum atomic E-state index is -1.07. The number of carboxylic acid groups (broad SMARTS) is 1. The first-order valence-corrected chi connectivity index (χ1v) is 7.37. The molecule has 0 bridgehead atoms. The van der Waals surface area contributed by atoms with Crippen molar-refractivity contribution in [2.75, 3.05) is 25.1 Å². The van der Waals surface area contributed by atoms with E-state index in [2.05, 4.69) is 5.32 Å². The van der Waals surface area contributed by atoms with Crippen molar-refractivity contribution in [2.24, 2.45) is 5.92 Å². The van der Waals surface area contributed by atoms with Gasteiger partial charge in [0.2, 0.25) is 0 Å². The van der Waals surface area contributed by atoms with E-state index in [0.717, 1.165) is 6.42 Å². The molecule has 1 aliphatic rings. The Bertz CT molecular complexity index is 551. The SMILES string of the molecule is CCOC(C(=O)Nc1c(C)cccc1C(=O)O)C1CCOC1. The molecule has 1 aromatic carbocycles. The Morgan fingerprint density at radius 1 is 1.50 bits per heavy atom. The largest absolute Gasteiger partial charge is 0.478 e. The maximum atomic E-state index is 12.5. The van der Waals surface area contributed by atoms with Crippen LogP contribution in [0.5, 0.6) is 0 Å². The predicted molar refractivity (Wildman–Crippen MR) is 81.1 cm³/mol. The van der Waals surface area contributed by atoms with Crippen molar-refractivity contribution >= 4 is 17.6 Å². The van der Waals surface area contributed by atoms with Crippen molar-refractivity contribution < 1.29 is 24.2 Å². The van der Waals surface area contributed by atoms with Crippen LogP contribution in [0.4, 0.5) is 5.69 Å². The van der Waals surface area contributed by atoms with E-state index in [9.17, 15) is 14.7 Å².